The summed E-state index contributed by atoms with van der Waals surface area (Å²) in [7, 11) is -0.437. The average molecular weight is 320 g/mol. The second-order valence-corrected chi connectivity index (χ2v) is 7.67. The molecule has 2 aliphatic rings. The van der Waals surface area contributed by atoms with Gasteiger partial charge in [0.15, 0.2) is 11.5 Å². The highest BCUT2D eigenvalue weighted by Crippen LogP contribution is 2.41. The number of aromatic nitrogens is 1. The fourth-order valence-electron chi connectivity index (χ4n) is 2.65. The quantitative estimate of drug-likeness (QED) is 0.792. The summed E-state index contributed by atoms with van der Waals surface area (Å²) < 4.78 is 18.0. The number of hydrogen-bond donors (Lipinski definition) is 0. The highest BCUT2D eigenvalue weighted by Gasteiger charge is 2.51. The molecule has 0 radical (unpaired) electrons. The van der Waals surface area contributed by atoms with Crippen molar-refractivity contribution in [2.24, 2.45) is 0 Å². The molecule has 116 valence electrons. The molecule has 6 heteroatoms. The van der Waals surface area contributed by atoms with Crippen LogP contribution in [0, 0.1) is 0 Å². The van der Waals surface area contributed by atoms with E-state index in [2.05, 4.69) is 4.98 Å². The number of benzene rings is 1. The molecule has 0 amide bonds. The Morgan fingerprint density at radius 1 is 1.14 bits per heavy atom. The first-order chi connectivity index (χ1) is 10.3. The SMILES string of the molecule is CC1(C)OB(c2cc(Cl)c3oc(C4CC4)nc3c2)OC1(C)C. The number of hydrogen-bond acceptors (Lipinski definition) is 4. The van der Waals surface area contributed by atoms with Crippen molar-refractivity contribution in [1.82, 2.24) is 4.98 Å². The van der Waals surface area contributed by atoms with E-state index in [0.29, 0.717) is 16.5 Å². The molecule has 1 saturated heterocycles. The first kappa shape index (κ1) is 14.6. The summed E-state index contributed by atoms with van der Waals surface area (Å²) in [4.78, 5) is 4.58. The predicted octanol–water partition coefficient (Wildman–Crippen LogP) is 3.66. The Morgan fingerprint density at radius 3 is 2.36 bits per heavy atom. The van der Waals surface area contributed by atoms with Gasteiger partial charge in [-0.15, -0.1) is 0 Å². The molecule has 4 nitrogen and oxygen atoms in total. The van der Waals surface area contributed by atoms with Crippen LogP contribution in [0.2, 0.25) is 5.02 Å². The standard InChI is InChI=1S/C16H19BClNO3/c1-15(2)16(3,4)22-17(21-15)10-7-11(18)13-12(8-10)19-14(20-13)9-5-6-9/h7-9H,5-6H2,1-4H3. The van der Waals surface area contributed by atoms with E-state index in [1.54, 1.807) is 0 Å². The monoisotopic (exact) mass is 319 g/mol. The number of halogens is 1. The number of fused-ring (bicyclic) bond motifs is 1. The summed E-state index contributed by atoms with van der Waals surface area (Å²) >= 11 is 6.38. The first-order valence-corrected chi connectivity index (χ1v) is 8.10. The molecular weight excluding hydrogens is 300 g/mol. The first-order valence-electron chi connectivity index (χ1n) is 7.72. The van der Waals surface area contributed by atoms with Gasteiger partial charge in [0.1, 0.15) is 5.52 Å². The molecule has 0 unspecified atom stereocenters. The van der Waals surface area contributed by atoms with Crippen LogP contribution in [0.25, 0.3) is 11.1 Å². The zero-order chi connectivity index (χ0) is 15.7. The van der Waals surface area contributed by atoms with Gasteiger partial charge in [0.2, 0.25) is 0 Å². The predicted molar refractivity (Wildman–Crippen MR) is 86.7 cm³/mol. The van der Waals surface area contributed by atoms with E-state index in [1.807, 2.05) is 39.8 Å². The number of oxazole rings is 1. The van der Waals surface area contributed by atoms with Gasteiger partial charge in [0.25, 0.3) is 0 Å². The van der Waals surface area contributed by atoms with Crippen molar-refractivity contribution in [3.05, 3.63) is 23.0 Å². The van der Waals surface area contributed by atoms with Crippen LogP contribution in [0.3, 0.4) is 0 Å². The van der Waals surface area contributed by atoms with Crippen LogP contribution in [-0.2, 0) is 9.31 Å². The molecule has 22 heavy (non-hydrogen) atoms. The summed E-state index contributed by atoms with van der Waals surface area (Å²) in [6.07, 6.45) is 2.29. The molecule has 2 fully saturated rings. The van der Waals surface area contributed by atoms with Crippen molar-refractivity contribution in [3.8, 4) is 0 Å². The van der Waals surface area contributed by atoms with Crippen molar-refractivity contribution in [2.75, 3.05) is 0 Å². The summed E-state index contributed by atoms with van der Waals surface area (Å²) in [5.41, 5.74) is 1.57. The van der Waals surface area contributed by atoms with E-state index in [0.717, 1.165) is 29.7 Å². The molecule has 1 aliphatic carbocycles. The fourth-order valence-corrected chi connectivity index (χ4v) is 2.91. The Morgan fingerprint density at radius 2 is 1.77 bits per heavy atom. The molecule has 0 bridgehead atoms. The Balaban J connectivity index is 1.73. The maximum atomic E-state index is 6.38. The van der Waals surface area contributed by atoms with E-state index in [1.165, 1.54) is 0 Å². The molecule has 0 atom stereocenters. The lowest BCUT2D eigenvalue weighted by molar-refractivity contribution is 0.00578. The fraction of sp³-hybridized carbons (Fsp3) is 0.562. The van der Waals surface area contributed by atoms with Crippen LogP contribution >= 0.6 is 11.6 Å². The summed E-state index contributed by atoms with van der Waals surface area (Å²) in [5.74, 6) is 1.26. The van der Waals surface area contributed by atoms with Gasteiger partial charge in [-0.2, -0.15) is 0 Å². The van der Waals surface area contributed by atoms with Crippen molar-refractivity contribution in [2.45, 2.75) is 57.7 Å². The van der Waals surface area contributed by atoms with Crippen LogP contribution in [0.15, 0.2) is 16.5 Å². The maximum absolute atomic E-state index is 6.38. The molecular formula is C16H19BClNO3. The summed E-state index contributed by atoms with van der Waals surface area (Å²) in [6.45, 7) is 8.14. The van der Waals surface area contributed by atoms with Gasteiger partial charge in [-0.05, 0) is 58.1 Å². The molecule has 0 spiro atoms. The van der Waals surface area contributed by atoms with Gasteiger partial charge in [-0.1, -0.05) is 11.6 Å². The highest BCUT2D eigenvalue weighted by molar-refractivity contribution is 6.62. The van der Waals surface area contributed by atoms with Gasteiger partial charge >= 0.3 is 7.12 Å². The van der Waals surface area contributed by atoms with E-state index < -0.39 is 7.12 Å². The largest absolute Gasteiger partial charge is 0.494 e. The zero-order valence-electron chi connectivity index (χ0n) is 13.3. The third-order valence-corrected chi connectivity index (χ3v) is 5.22. The normalized spacial score (nSPS) is 23.4. The van der Waals surface area contributed by atoms with E-state index in [-0.39, 0.29) is 11.2 Å². The van der Waals surface area contributed by atoms with E-state index >= 15 is 0 Å². The second-order valence-electron chi connectivity index (χ2n) is 7.27. The third-order valence-electron chi connectivity index (χ3n) is 4.94. The molecule has 4 rings (SSSR count). The number of rotatable bonds is 2. The topological polar surface area (TPSA) is 44.5 Å². The van der Waals surface area contributed by atoms with Gasteiger partial charge in [0, 0.05) is 5.92 Å². The van der Waals surface area contributed by atoms with Gasteiger partial charge < -0.3 is 13.7 Å². The molecule has 2 heterocycles. The van der Waals surface area contributed by atoms with Crippen LogP contribution in [0.5, 0.6) is 0 Å². The van der Waals surface area contributed by atoms with E-state index in [9.17, 15) is 0 Å². The lowest BCUT2D eigenvalue weighted by atomic mass is 9.79. The van der Waals surface area contributed by atoms with Crippen LogP contribution in [0.1, 0.15) is 52.3 Å². The minimum Gasteiger partial charge on any atom is -0.439 e. The Labute approximate surface area is 135 Å². The van der Waals surface area contributed by atoms with Crippen molar-refractivity contribution < 1.29 is 13.7 Å². The summed E-state index contributed by atoms with van der Waals surface area (Å²) in [6, 6.07) is 3.81. The van der Waals surface area contributed by atoms with Gasteiger partial charge in [-0.25, -0.2) is 4.98 Å². The zero-order valence-corrected chi connectivity index (χ0v) is 14.0. The third kappa shape index (κ3) is 2.18. The van der Waals surface area contributed by atoms with Crippen LogP contribution in [0.4, 0.5) is 0 Å². The Kier molecular flexibility index (Phi) is 2.97. The lowest BCUT2D eigenvalue weighted by Crippen LogP contribution is -2.41. The van der Waals surface area contributed by atoms with Crippen LogP contribution < -0.4 is 5.46 Å². The lowest BCUT2D eigenvalue weighted by Gasteiger charge is -2.32. The van der Waals surface area contributed by atoms with Crippen LogP contribution in [-0.4, -0.2) is 23.3 Å². The molecule has 0 N–H and O–H groups in total. The minimum absolute atomic E-state index is 0.373. The number of nitrogens with zero attached hydrogens (tertiary/aromatic N) is 1. The molecule has 1 aromatic carbocycles. The van der Waals surface area contributed by atoms with Crippen molar-refractivity contribution >= 4 is 35.3 Å². The molecule has 1 aromatic heterocycles. The highest BCUT2D eigenvalue weighted by atomic mass is 35.5. The molecule has 1 saturated carbocycles. The Hall–Kier alpha value is -1.04. The molecule has 2 aromatic rings. The smallest absolute Gasteiger partial charge is 0.439 e. The minimum atomic E-state index is -0.437. The second kappa shape index (κ2) is 4.50. The molecule has 1 aliphatic heterocycles. The summed E-state index contributed by atoms with van der Waals surface area (Å²) in [5, 5.41) is 0.557. The van der Waals surface area contributed by atoms with Crippen molar-refractivity contribution in [3.63, 3.8) is 0 Å². The maximum Gasteiger partial charge on any atom is 0.494 e. The average Bonchev–Trinajstić information content (AvgIpc) is 3.12. The van der Waals surface area contributed by atoms with Crippen molar-refractivity contribution in [1.29, 1.82) is 0 Å². The van der Waals surface area contributed by atoms with Gasteiger partial charge in [0.05, 0.1) is 16.2 Å². The van der Waals surface area contributed by atoms with Gasteiger partial charge in [-0.3, -0.25) is 0 Å². The Bertz CT molecular complexity index is 735. The van der Waals surface area contributed by atoms with E-state index in [4.69, 9.17) is 25.3 Å².